The molecule has 1 aromatic heterocycles. The van der Waals surface area contributed by atoms with Crippen LogP contribution >= 0.6 is 0 Å². The van der Waals surface area contributed by atoms with Crippen LogP contribution in [0.1, 0.15) is 38.1 Å². The predicted octanol–water partition coefficient (Wildman–Crippen LogP) is 1.25. The molecule has 1 heterocycles. The van der Waals surface area contributed by atoms with Crippen molar-refractivity contribution in [3.63, 3.8) is 0 Å². The summed E-state index contributed by atoms with van der Waals surface area (Å²) in [5, 5.41) is 11.9. The van der Waals surface area contributed by atoms with Gasteiger partial charge in [0.25, 0.3) is 5.91 Å². The largest absolute Gasteiger partial charge is 0.505 e. The molecule has 0 aliphatic carbocycles. The summed E-state index contributed by atoms with van der Waals surface area (Å²) >= 11 is 0. The summed E-state index contributed by atoms with van der Waals surface area (Å²) in [6.45, 7) is 6.75. The van der Waals surface area contributed by atoms with Gasteiger partial charge >= 0.3 is 5.97 Å². The number of aromatic hydroxyl groups is 1. The van der Waals surface area contributed by atoms with Gasteiger partial charge in [-0.1, -0.05) is 0 Å². The molecule has 0 spiro atoms. The van der Waals surface area contributed by atoms with Gasteiger partial charge in [0.15, 0.2) is 0 Å². The van der Waals surface area contributed by atoms with E-state index in [1.807, 2.05) is 0 Å². The third-order valence-electron chi connectivity index (χ3n) is 2.15. The van der Waals surface area contributed by atoms with Crippen molar-refractivity contribution in [3.8, 4) is 5.75 Å². The summed E-state index contributed by atoms with van der Waals surface area (Å²) in [7, 11) is 0. The Morgan fingerprint density at radius 2 is 2.05 bits per heavy atom. The first kappa shape index (κ1) is 14.9. The van der Waals surface area contributed by atoms with Crippen LogP contribution in [0, 0.1) is 0 Å². The van der Waals surface area contributed by atoms with E-state index in [0.717, 1.165) is 6.20 Å². The molecule has 0 fully saturated rings. The Morgan fingerprint density at radius 1 is 1.42 bits per heavy atom. The van der Waals surface area contributed by atoms with E-state index in [9.17, 15) is 14.7 Å². The minimum Gasteiger partial charge on any atom is -0.505 e. The van der Waals surface area contributed by atoms with Crippen LogP contribution in [-0.2, 0) is 9.53 Å². The number of nitrogens with zero attached hydrogens (tertiary/aromatic N) is 1. The fraction of sp³-hybridized carbons (Fsp3) is 0.462. The molecule has 19 heavy (non-hydrogen) atoms. The van der Waals surface area contributed by atoms with Gasteiger partial charge in [-0.3, -0.25) is 9.78 Å². The van der Waals surface area contributed by atoms with Gasteiger partial charge in [-0.15, -0.1) is 0 Å². The highest BCUT2D eigenvalue weighted by Gasteiger charge is 2.24. The van der Waals surface area contributed by atoms with E-state index in [-0.39, 0.29) is 11.3 Å². The molecule has 1 atom stereocenters. The number of pyridine rings is 1. The van der Waals surface area contributed by atoms with E-state index >= 15 is 0 Å². The molecular weight excluding hydrogens is 248 g/mol. The van der Waals surface area contributed by atoms with E-state index in [4.69, 9.17) is 4.74 Å². The number of nitrogens with one attached hydrogen (secondary N) is 1. The van der Waals surface area contributed by atoms with Crippen LogP contribution in [0.15, 0.2) is 18.5 Å². The Kier molecular flexibility index (Phi) is 4.47. The average molecular weight is 266 g/mol. The standard InChI is InChI=1S/C13H18N2O4/c1-8(12(18)19-13(2,3)4)15-11(17)9-5-6-14-7-10(9)16/h5-8,16H,1-4H3,(H,15,17)/t8-/m0/s1. The molecule has 0 saturated carbocycles. The maximum atomic E-state index is 11.8. The molecule has 0 unspecified atom stereocenters. The van der Waals surface area contributed by atoms with E-state index in [2.05, 4.69) is 10.3 Å². The molecule has 104 valence electrons. The molecule has 0 aliphatic rings. The van der Waals surface area contributed by atoms with Gasteiger partial charge in [0.05, 0.1) is 11.8 Å². The molecule has 1 rings (SSSR count). The van der Waals surface area contributed by atoms with Crippen molar-refractivity contribution >= 4 is 11.9 Å². The van der Waals surface area contributed by atoms with Gasteiger partial charge in [-0.05, 0) is 33.8 Å². The molecule has 2 N–H and O–H groups in total. The van der Waals surface area contributed by atoms with Crippen LogP contribution in [0.5, 0.6) is 5.75 Å². The predicted molar refractivity (Wildman–Crippen MR) is 68.7 cm³/mol. The van der Waals surface area contributed by atoms with Gasteiger partial charge in [0.2, 0.25) is 0 Å². The van der Waals surface area contributed by atoms with Crippen molar-refractivity contribution in [2.75, 3.05) is 0 Å². The summed E-state index contributed by atoms with van der Waals surface area (Å²) in [4.78, 5) is 27.2. The highest BCUT2D eigenvalue weighted by molar-refractivity contribution is 5.98. The third-order valence-corrected chi connectivity index (χ3v) is 2.15. The Morgan fingerprint density at radius 3 is 2.58 bits per heavy atom. The van der Waals surface area contributed by atoms with Gasteiger partial charge in [-0.2, -0.15) is 0 Å². The topological polar surface area (TPSA) is 88.5 Å². The number of amides is 1. The maximum Gasteiger partial charge on any atom is 0.328 e. The quantitative estimate of drug-likeness (QED) is 0.804. The highest BCUT2D eigenvalue weighted by Crippen LogP contribution is 2.14. The minimum absolute atomic E-state index is 0.0606. The van der Waals surface area contributed by atoms with Crippen molar-refractivity contribution in [2.45, 2.75) is 39.3 Å². The van der Waals surface area contributed by atoms with Crippen molar-refractivity contribution in [1.82, 2.24) is 10.3 Å². The third kappa shape index (κ3) is 4.57. The van der Waals surface area contributed by atoms with Crippen molar-refractivity contribution in [3.05, 3.63) is 24.0 Å². The lowest BCUT2D eigenvalue weighted by atomic mass is 10.2. The number of hydrogen-bond acceptors (Lipinski definition) is 5. The Labute approximate surface area is 111 Å². The number of hydrogen-bond donors (Lipinski definition) is 2. The lowest BCUT2D eigenvalue weighted by Crippen LogP contribution is -2.42. The Bertz CT molecular complexity index is 480. The number of carbonyl (C=O) groups excluding carboxylic acids is 2. The van der Waals surface area contributed by atoms with Crippen LogP contribution in [0.4, 0.5) is 0 Å². The zero-order chi connectivity index (χ0) is 14.6. The van der Waals surface area contributed by atoms with Gasteiger partial charge in [0, 0.05) is 6.20 Å². The normalized spacial score (nSPS) is 12.6. The fourth-order valence-corrected chi connectivity index (χ4v) is 1.30. The average Bonchev–Trinajstić information content (AvgIpc) is 2.27. The molecule has 6 heteroatoms. The molecular formula is C13H18N2O4. The summed E-state index contributed by atoms with van der Waals surface area (Å²) < 4.78 is 5.14. The second kappa shape index (κ2) is 5.69. The molecule has 1 aromatic rings. The van der Waals surface area contributed by atoms with Crippen molar-refractivity contribution in [2.24, 2.45) is 0 Å². The SMILES string of the molecule is C[C@H](NC(=O)c1ccncc1O)C(=O)OC(C)(C)C. The van der Waals surface area contributed by atoms with Crippen LogP contribution < -0.4 is 5.32 Å². The smallest absolute Gasteiger partial charge is 0.328 e. The fourth-order valence-electron chi connectivity index (χ4n) is 1.30. The van der Waals surface area contributed by atoms with E-state index in [1.165, 1.54) is 19.2 Å². The number of carbonyl (C=O) groups is 2. The molecule has 0 bridgehead atoms. The number of aromatic nitrogens is 1. The first-order chi connectivity index (χ1) is 8.70. The van der Waals surface area contributed by atoms with Gasteiger partial charge in [-0.25, -0.2) is 4.79 Å². The van der Waals surface area contributed by atoms with E-state index < -0.39 is 23.5 Å². The highest BCUT2D eigenvalue weighted by atomic mass is 16.6. The first-order valence-corrected chi connectivity index (χ1v) is 5.87. The molecule has 6 nitrogen and oxygen atoms in total. The van der Waals surface area contributed by atoms with E-state index in [1.54, 1.807) is 20.8 Å². The van der Waals surface area contributed by atoms with Gasteiger partial charge < -0.3 is 15.2 Å². The molecule has 0 saturated heterocycles. The molecule has 1 amide bonds. The first-order valence-electron chi connectivity index (χ1n) is 5.87. The van der Waals surface area contributed by atoms with Crippen molar-refractivity contribution in [1.29, 1.82) is 0 Å². The Hall–Kier alpha value is -2.11. The van der Waals surface area contributed by atoms with E-state index in [0.29, 0.717) is 0 Å². The second-order valence-electron chi connectivity index (χ2n) is 5.12. The molecule has 0 aliphatic heterocycles. The molecule has 0 radical (unpaired) electrons. The van der Waals surface area contributed by atoms with Crippen LogP contribution in [-0.4, -0.2) is 33.6 Å². The number of ether oxygens (including phenoxy) is 1. The lowest BCUT2D eigenvalue weighted by Gasteiger charge is -2.22. The maximum absolute atomic E-state index is 11.8. The van der Waals surface area contributed by atoms with Crippen molar-refractivity contribution < 1.29 is 19.4 Å². The van der Waals surface area contributed by atoms with Crippen LogP contribution in [0.3, 0.4) is 0 Å². The number of esters is 1. The van der Waals surface area contributed by atoms with Crippen LogP contribution in [0.2, 0.25) is 0 Å². The summed E-state index contributed by atoms with van der Waals surface area (Å²) in [6.07, 6.45) is 2.54. The van der Waals surface area contributed by atoms with Crippen LogP contribution in [0.25, 0.3) is 0 Å². The second-order valence-corrected chi connectivity index (χ2v) is 5.12. The van der Waals surface area contributed by atoms with Gasteiger partial charge in [0.1, 0.15) is 17.4 Å². The number of rotatable bonds is 3. The molecule has 0 aromatic carbocycles. The summed E-state index contributed by atoms with van der Waals surface area (Å²) in [6, 6.07) is 0.561. The summed E-state index contributed by atoms with van der Waals surface area (Å²) in [5.74, 6) is -1.33. The monoisotopic (exact) mass is 266 g/mol. The zero-order valence-corrected chi connectivity index (χ0v) is 11.4. The summed E-state index contributed by atoms with van der Waals surface area (Å²) in [5.41, 5.74) is -0.556. The zero-order valence-electron chi connectivity index (χ0n) is 11.4. The minimum atomic E-state index is -0.806. The Balaban J connectivity index is 2.67. The lowest BCUT2D eigenvalue weighted by molar-refractivity contribution is -0.156.